The van der Waals surface area contributed by atoms with Gasteiger partial charge in [0.2, 0.25) is 5.91 Å². The molecular weight excluding hydrogens is 711 g/mol. The number of nitrogens with zero attached hydrogens (tertiary/aromatic N) is 2. The van der Waals surface area contributed by atoms with Crippen LogP contribution in [-0.4, -0.2) is 46.2 Å². The van der Waals surface area contributed by atoms with E-state index in [1.165, 1.54) is 0 Å². The largest absolute Gasteiger partial charge is 0.488 e. The van der Waals surface area contributed by atoms with Crippen molar-refractivity contribution in [2.45, 2.75) is 83.8 Å². The van der Waals surface area contributed by atoms with Crippen molar-refractivity contribution in [1.82, 2.24) is 15.4 Å². The number of Topliss-reactive ketones (excluding diaryl/α,β-unsaturated/α-hetero) is 1. The number of allylic oxidation sites excluding steroid dienone is 2. The standard InChI is InChI=1S/C49H51N3O5/c1-33-15-14-16-35(25-33)27-37-19-8-4-3-5-11-20-38-30-49(38,48(55)51-57-39-21-12-7-13-22-39)31-45(53)44-28-40(32-52(44)47(37)54)56-46-29-42(36-17-9-6-10-18-36)50-43-26-34(2)23-24-41(43)46/h6-7,9-18,20-26,29,37-38,40,44H,3-5,8,19,27-28,30-32H2,1-2H3,(H,51,55)/b20-11-/t37-,38-,40-,44+,49-/m1/s1. The number of fused-ring (bicyclic) bond motifs is 3. The molecule has 0 spiro atoms. The van der Waals surface area contributed by atoms with Crippen molar-refractivity contribution in [2.24, 2.45) is 17.3 Å². The Morgan fingerprint density at radius 3 is 2.47 bits per heavy atom. The van der Waals surface area contributed by atoms with Gasteiger partial charge in [0, 0.05) is 35.8 Å². The highest BCUT2D eigenvalue weighted by Gasteiger charge is 2.61. The van der Waals surface area contributed by atoms with Crippen molar-refractivity contribution in [3.63, 3.8) is 0 Å². The van der Waals surface area contributed by atoms with E-state index in [4.69, 9.17) is 14.6 Å². The first kappa shape index (κ1) is 38.1. The maximum Gasteiger partial charge on any atom is 0.259 e. The zero-order chi connectivity index (χ0) is 39.4. The third-order valence-electron chi connectivity index (χ3n) is 12.0. The Bertz CT molecular complexity index is 2270. The highest BCUT2D eigenvalue weighted by Crippen LogP contribution is 2.57. The molecule has 292 valence electrons. The lowest BCUT2D eigenvalue weighted by Crippen LogP contribution is -2.46. The second kappa shape index (κ2) is 16.8. The molecule has 0 radical (unpaired) electrons. The molecule has 1 saturated carbocycles. The number of amides is 2. The molecule has 1 aliphatic carbocycles. The second-order valence-electron chi connectivity index (χ2n) is 16.3. The molecule has 3 aliphatic rings. The lowest BCUT2D eigenvalue weighted by molar-refractivity contribution is -0.143. The van der Waals surface area contributed by atoms with Crippen LogP contribution in [0, 0.1) is 31.1 Å². The molecule has 5 aromatic rings. The number of ketones is 1. The first-order valence-corrected chi connectivity index (χ1v) is 20.5. The van der Waals surface area contributed by atoms with Gasteiger partial charge in [-0.15, -0.1) is 0 Å². The van der Waals surface area contributed by atoms with E-state index in [2.05, 4.69) is 48.8 Å². The number of benzene rings is 4. The Morgan fingerprint density at radius 1 is 0.877 bits per heavy atom. The van der Waals surface area contributed by atoms with E-state index in [0.717, 1.165) is 71.0 Å². The molecule has 57 heavy (non-hydrogen) atoms. The Morgan fingerprint density at radius 2 is 1.67 bits per heavy atom. The fraction of sp³-hybridized carbons (Fsp3) is 0.347. The number of carbonyl (C=O) groups is 3. The van der Waals surface area contributed by atoms with Crippen LogP contribution in [0.2, 0.25) is 0 Å². The molecule has 1 N–H and O–H groups in total. The van der Waals surface area contributed by atoms with Crippen LogP contribution in [0.25, 0.3) is 22.2 Å². The molecule has 1 aromatic heterocycles. The molecule has 8 rings (SSSR count). The van der Waals surface area contributed by atoms with Gasteiger partial charge < -0.3 is 14.5 Å². The van der Waals surface area contributed by atoms with Crippen molar-refractivity contribution < 1.29 is 24.0 Å². The minimum Gasteiger partial charge on any atom is -0.488 e. The smallest absolute Gasteiger partial charge is 0.259 e. The summed E-state index contributed by atoms with van der Waals surface area (Å²) in [6.07, 6.45) is 9.84. The number of aromatic nitrogens is 1. The van der Waals surface area contributed by atoms with Crippen molar-refractivity contribution in [1.29, 1.82) is 0 Å². The van der Waals surface area contributed by atoms with E-state index in [9.17, 15) is 14.4 Å². The maximum atomic E-state index is 14.9. The van der Waals surface area contributed by atoms with Gasteiger partial charge in [-0.25, -0.2) is 4.98 Å². The molecule has 2 fully saturated rings. The Kier molecular flexibility index (Phi) is 11.2. The van der Waals surface area contributed by atoms with Gasteiger partial charge in [-0.05, 0) is 87.3 Å². The van der Waals surface area contributed by atoms with Crippen LogP contribution in [0.15, 0.2) is 121 Å². The molecule has 0 bridgehead atoms. The van der Waals surface area contributed by atoms with Crippen molar-refractivity contribution in [3.05, 3.63) is 138 Å². The fourth-order valence-corrected chi connectivity index (χ4v) is 8.79. The molecule has 3 heterocycles. The quantitative estimate of drug-likeness (QED) is 0.125. The molecule has 5 atom stereocenters. The van der Waals surface area contributed by atoms with Gasteiger partial charge >= 0.3 is 0 Å². The molecule has 4 aromatic carbocycles. The van der Waals surface area contributed by atoms with Crippen molar-refractivity contribution >= 4 is 28.5 Å². The summed E-state index contributed by atoms with van der Waals surface area (Å²) in [7, 11) is 0. The molecular formula is C49H51N3O5. The average molecular weight is 762 g/mol. The Hall–Kier alpha value is -5.76. The number of carbonyl (C=O) groups excluding carboxylic acids is 3. The molecule has 8 nitrogen and oxygen atoms in total. The summed E-state index contributed by atoms with van der Waals surface area (Å²) in [5.41, 5.74) is 7.66. The van der Waals surface area contributed by atoms with Gasteiger partial charge in [-0.2, -0.15) is 5.48 Å². The van der Waals surface area contributed by atoms with E-state index in [-0.39, 0.29) is 42.4 Å². The highest BCUT2D eigenvalue weighted by atomic mass is 16.7. The predicted octanol–water partition coefficient (Wildman–Crippen LogP) is 9.32. The van der Waals surface area contributed by atoms with Crippen LogP contribution in [0.1, 0.15) is 68.1 Å². The Labute approximate surface area is 335 Å². The van der Waals surface area contributed by atoms with Crippen LogP contribution in [0.3, 0.4) is 0 Å². The minimum absolute atomic E-state index is 0.00528. The van der Waals surface area contributed by atoms with Gasteiger partial charge in [0.25, 0.3) is 5.91 Å². The van der Waals surface area contributed by atoms with Gasteiger partial charge in [0.05, 0.1) is 29.2 Å². The molecule has 2 aliphatic heterocycles. The van der Waals surface area contributed by atoms with E-state index in [1.807, 2.05) is 79.7 Å². The summed E-state index contributed by atoms with van der Waals surface area (Å²) in [6, 6.07) is 34.9. The van der Waals surface area contributed by atoms with E-state index >= 15 is 0 Å². The number of para-hydroxylation sites is 1. The predicted molar refractivity (Wildman–Crippen MR) is 222 cm³/mol. The summed E-state index contributed by atoms with van der Waals surface area (Å²) >= 11 is 0. The summed E-state index contributed by atoms with van der Waals surface area (Å²) in [6.45, 7) is 4.39. The lowest BCUT2D eigenvalue weighted by Gasteiger charge is -2.29. The number of hydrogen-bond donors (Lipinski definition) is 1. The summed E-state index contributed by atoms with van der Waals surface area (Å²) in [4.78, 5) is 56.2. The first-order valence-electron chi connectivity index (χ1n) is 20.5. The minimum atomic E-state index is -0.957. The number of ether oxygens (including phenoxy) is 1. The van der Waals surface area contributed by atoms with Gasteiger partial charge in [0.1, 0.15) is 11.9 Å². The third kappa shape index (κ3) is 8.65. The molecule has 1 saturated heterocycles. The second-order valence-corrected chi connectivity index (χ2v) is 16.3. The van der Waals surface area contributed by atoms with Crippen molar-refractivity contribution in [2.75, 3.05) is 6.54 Å². The molecule has 0 unspecified atom stereocenters. The number of rotatable bonds is 8. The number of aryl methyl sites for hydroxylation is 2. The van der Waals surface area contributed by atoms with Gasteiger partial charge in [-0.1, -0.05) is 109 Å². The molecule has 2 amide bonds. The fourth-order valence-electron chi connectivity index (χ4n) is 8.79. The van der Waals surface area contributed by atoms with Gasteiger partial charge in [-0.3, -0.25) is 14.4 Å². The van der Waals surface area contributed by atoms with E-state index in [0.29, 0.717) is 30.8 Å². The summed E-state index contributed by atoms with van der Waals surface area (Å²) in [5, 5.41) is 0.876. The third-order valence-corrected chi connectivity index (χ3v) is 12.0. The van der Waals surface area contributed by atoms with Crippen LogP contribution in [0.4, 0.5) is 0 Å². The number of nitrogens with one attached hydrogen (secondary N) is 1. The SMILES string of the molecule is Cc1cccc(C[C@H]2CCCCC/C=C\[C@@H]3C[C@@]3(C(=O)NOc3ccccc3)CC(=O)[C@@H]3C[C@@H](Oc4cc(-c5ccccc5)nc5cc(C)ccc45)CN3C2=O)c1. The van der Waals surface area contributed by atoms with Crippen LogP contribution in [0.5, 0.6) is 11.5 Å². The van der Waals surface area contributed by atoms with Crippen LogP contribution < -0.4 is 15.1 Å². The van der Waals surface area contributed by atoms with E-state index in [1.54, 1.807) is 17.0 Å². The van der Waals surface area contributed by atoms with Crippen molar-refractivity contribution in [3.8, 4) is 22.8 Å². The topological polar surface area (TPSA) is 97.8 Å². The normalized spacial score (nSPS) is 24.4. The highest BCUT2D eigenvalue weighted by molar-refractivity contribution is 5.97. The zero-order valence-corrected chi connectivity index (χ0v) is 32.9. The molecule has 8 heteroatoms. The number of hydrogen-bond acceptors (Lipinski definition) is 6. The average Bonchev–Trinajstić information content (AvgIpc) is 3.75. The van der Waals surface area contributed by atoms with E-state index < -0.39 is 17.6 Å². The number of pyridine rings is 1. The summed E-state index contributed by atoms with van der Waals surface area (Å²) in [5.74, 6) is 0.342. The number of hydroxylamine groups is 1. The first-order chi connectivity index (χ1) is 27.8. The maximum absolute atomic E-state index is 14.9. The lowest BCUT2D eigenvalue weighted by atomic mass is 9.89. The Balaban J connectivity index is 1.12. The van der Waals surface area contributed by atoms with Crippen LogP contribution >= 0.6 is 0 Å². The zero-order valence-electron chi connectivity index (χ0n) is 32.9. The summed E-state index contributed by atoms with van der Waals surface area (Å²) < 4.78 is 6.90. The monoisotopic (exact) mass is 761 g/mol. The van der Waals surface area contributed by atoms with Gasteiger partial charge in [0.15, 0.2) is 11.5 Å². The van der Waals surface area contributed by atoms with Crippen LogP contribution in [-0.2, 0) is 20.8 Å².